The van der Waals surface area contributed by atoms with Gasteiger partial charge in [0.25, 0.3) is 15.7 Å². The molecule has 0 aliphatic heterocycles. The van der Waals surface area contributed by atoms with Crippen LogP contribution in [0.1, 0.15) is 5.01 Å². The number of thiazole rings is 1. The topological polar surface area (TPSA) is 102 Å². The van der Waals surface area contributed by atoms with Crippen LogP contribution in [-0.4, -0.2) is 18.3 Å². The molecule has 0 bridgehead atoms. The average molecular weight is 375 g/mol. The van der Waals surface area contributed by atoms with Gasteiger partial charge in [-0.3, -0.25) is 14.8 Å². The fourth-order valence-electron chi connectivity index (χ4n) is 2.22. The van der Waals surface area contributed by atoms with E-state index in [0.29, 0.717) is 5.69 Å². The molecule has 0 aliphatic carbocycles. The number of nitrogens with zero attached hydrogens (tertiary/aromatic N) is 2. The van der Waals surface area contributed by atoms with E-state index < -0.39 is 14.9 Å². The Kier molecular flexibility index (Phi) is 4.51. The Balaban J connectivity index is 1.91. The van der Waals surface area contributed by atoms with Crippen LogP contribution >= 0.6 is 11.3 Å². The first kappa shape index (κ1) is 17.1. The van der Waals surface area contributed by atoms with Gasteiger partial charge in [0.1, 0.15) is 0 Å². The summed E-state index contributed by atoms with van der Waals surface area (Å²) in [6.45, 7) is 1.89. The molecule has 0 fully saturated rings. The van der Waals surface area contributed by atoms with Crippen LogP contribution in [0.15, 0.2) is 58.8 Å². The van der Waals surface area contributed by atoms with E-state index in [2.05, 4.69) is 9.71 Å². The van der Waals surface area contributed by atoms with Crippen molar-refractivity contribution in [2.24, 2.45) is 0 Å². The molecule has 0 amide bonds. The monoisotopic (exact) mass is 375 g/mol. The number of non-ortho nitro benzene ring substituents is 1. The van der Waals surface area contributed by atoms with Gasteiger partial charge < -0.3 is 0 Å². The van der Waals surface area contributed by atoms with E-state index in [1.165, 1.54) is 29.5 Å². The van der Waals surface area contributed by atoms with E-state index in [1.807, 2.05) is 18.4 Å². The summed E-state index contributed by atoms with van der Waals surface area (Å²) in [5.41, 5.74) is 1.62. The number of benzene rings is 2. The van der Waals surface area contributed by atoms with Crippen LogP contribution < -0.4 is 4.72 Å². The molecule has 3 rings (SSSR count). The van der Waals surface area contributed by atoms with Crippen molar-refractivity contribution < 1.29 is 13.3 Å². The Labute approximate surface area is 148 Å². The van der Waals surface area contributed by atoms with Crippen LogP contribution in [-0.2, 0) is 10.0 Å². The van der Waals surface area contributed by atoms with Crippen molar-refractivity contribution in [3.63, 3.8) is 0 Å². The summed E-state index contributed by atoms with van der Waals surface area (Å²) in [7, 11) is -3.94. The Morgan fingerprint density at radius 3 is 2.60 bits per heavy atom. The fourth-order valence-corrected chi connectivity index (χ4v) is 3.93. The van der Waals surface area contributed by atoms with Gasteiger partial charge in [-0.05, 0) is 25.1 Å². The molecule has 0 atom stereocenters. The number of anilines is 1. The molecule has 7 nitrogen and oxygen atoms in total. The number of aryl methyl sites for hydroxylation is 1. The number of sulfonamides is 1. The summed E-state index contributed by atoms with van der Waals surface area (Å²) in [4.78, 5) is 14.4. The molecule has 0 unspecified atom stereocenters. The molecule has 2 aromatic carbocycles. The highest BCUT2D eigenvalue weighted by Gasteiger charge is 2.18. The lowest BCUT2D eigenvalue weighted by molar-refractivity contribution is -0.385. The van der Waals surface area contributed by atoms with Crippen LogP contribution in [0.3, 0.4) is 0 Å². The molecule has 1 heterocycles. The third kappa shape index (κ3) is 3.83. The normalized spacial score (nSPS) is 11.2. The maximum Gasteiger partial charge on any atom is 0.270 e. The second-order valence-electron chi connectivity index (χ2n) is 5.19. The van der Waals surface area contributed by atoms with E-state index >= 15 is 0 Å². The summed E-state index contributed by atoms with van der Waals surface area (Å²) in [5.74, 6) is 0. The zero-order chi connectivity index (χ0) is 18.0. The first-order valence-corrected chi connectivity index (χ1v) is 9.51. The average Bonchev–Trinajstić information content (AvgIpc) is 3.01. The minimum atomic E-state index is -3.94. The molecule has 25 heavy (non-hydrogen) atoms. The zero-order valence-electron chi connectivity index (χ0n) is 13.0. The van der Waals surface area contributed by atoms with E-state index in [-0.39, 0.29) is 10.6 Å². The van der Waals surface area contributed by atoms with Gasteiger partial charge in [0.2, 0.25) is 0 Å². The highest BCUT2D eigenvalue weighted by atomic mass is 32.2. The van der Waals surface area contributed by atoms with Crippen LogP contribution in [0.2, 0.25) is 0 Å². The highest BCUT2D eigenvalue weighted by Crippen LogP contribution is 2.26. The summed E-state index contributed by atoms with van der Waals surface area (Å²) < 4.78 is 27.4. The maximum atomic E-state index is 12.5. The molecule has 0 radical (unpaired) electrons. The van der Waals surface area contributed by atoms with Crippen molar-refractivity contribution in [1.82, 2.24) is 4.98 Å². The van der Waals surface area contributed by atoms with E-state index in [4.69, 9.17) is 0 Å². The lowest BCUT2D eigenvalue weighted by Crippen LogP contribution is -2.13. The van der Waals surface area contributed by atoms with Crippen LogP contribution in [0.25, 0.3) is 11.3 Å². The summed E-state index contributed by atoms with van der Waals surface area (Å²) in [6.07, 6.45) is 0. The van der Waals surface area contributed by atoms with E-state index in [0.717, 1.165) is 22.3 Å². The number of hydrogen-bond acceptors (Lipinski definition) is 6. The minimum absolute atomic E-state index is 0.170. The molecule has 128 valence electrons. The van der Waals surface area contributed by atoms with Gasteiger partial charge >= 0.3 is 0 Å². The number of hydrogen-bond donors (Lipinski definition) is 1. The quantitative estimate of drug-likeness (QED) is 0.539. The first-order valence-electron chi connectivity index (χ1n) is 7.15. The molecule has 3 aromatic rings. The van der Waals surface area contributed by atoms with Gasteiger partial charge in [0, 0.05) is 28.8 Å². The van der Waals surface area contributed by atoms with E-state index in [9.17, 15) is 18.5 Å². The number of nitrogens with one attached hydrogen (secondary N) is 1. The van der Waals surface area contributed by atoms with E-state index in [1.54, 1.807) is 18.2 Å². The SMILES string of the molecule is Cc1nc(-c2cccc(NS(=O)(=O)c3cccc([N+](=O)[O-])c3)c2)cs1. The van der Waals surface area contributed by atoms with Gasteiger partial charge in [-0.15, -0.1) is 11.3 Å². The van der Waals surface area contributed by atoms with Crippen LogP contribution in [0, 0.1) is 17.0 Å². The Morgan fingerprint density at radius 2 is 1.92 bits per heavy atom. The third-order valence-corrected chi connectivity index (χ3v) is 5.52. The predicted molar refractivity (Wildman–Crippen MR) is 96.2 cm³/mol. The lowest BCUT2D eigenvalue weighted by Gasteiger charge is -2.09. The lowest BCUT2D eigenvalue weighted by atomic mass is 10.1. The Morgan fingerprint density at radius 1 is 1.16 bits per heavy atom. The second-order valence-corrected chi connectivity index (χ2v) is 7.94. The molecular weight excluding hydrogens is 362 g/mol. The molecule has 0 saturated carbocycles. The highest BCUT2D eigenvalue weighted by molar-refractivity contribution is 7.92. The number of aromatic nitrogens is 1. The molecule has 1 aromatic heterocycles. The van der Waals surface area contributed by atoms with Crippen molar-refractivity contribution in [3.05, 3.63) is 69.0 Å². The number of nitro groups is 1. The summed E-state index contributed by atoms with van der Waals surface area (Å²) in [5, 5.41) is 13.6. The van der Waals surface area contributed by atoms with Gasteiger partial charge in [0.15, 0.2) is 0 Å². The molecule has 0 aliphatic rings. The summed E-state index contributed by atoms with van der Waals surface area (Å²) >= 11 is 1.51. The standard InChI is InChI=1S/C16H13N3O4S2/c1-11-17-16(10-24-11)12-4-2-5-13(8-12)18-25(22,23)15-7-3-6-14(9-15)19(20)21/h2-10,18H,1H3. The van der Waals surface area contributed by atoms with Crippen molar-refractivity contribution in [2.75, 3.05) is 4.72 Å². The van der Waals surface area contributed by atoms with Gasteiger partial charge in [-0.2, -0.15) is 0 Å². The Hall–Kier alpha value is -2.78. The largest absolute Gasteiger partial charge is 0.280 e. The molecular formula is C16H13N3O4S2. The Bertz CT molecular complexity index is 1040. The molecule has 0 saturated heterocycles. The molecule has 0 spiro atoms. The molecule has 1 N–H and O–H groups in total. The third-order valence-electron chi connectivity index (χ3n) is 3.37. The van der Waals surface area contributed by atoms with Crippen molar-refractivity contribution in [1.29, 1.82) is 0 Å². The van der Waals surface area contributed by atoms with Crippen LogP contribution in [0.4, 0.5) is 11.4 Å². The zero-order valence-corrected chi connectivity index (χ0v) is 14.7. The smallest absolute Gasteiger partial charge is 0.270 e. The number of rotatable bonds is 5. The molecule has 9 heteroatoms. The maximum absolute atomic E-state index is 12.5. The fraction of sp³-hybridized carbons (Fsp3) is 0.0625. The van der Waals surface area contributed by atoms with Crippen molar-refractivity contribution in [2.45, 2.75) is 11.8 Å². The second kappa shape index (κ2) is 6.61. The minimum Gasteiger partial charge on any atom is -0.280 e. The van der Waals surface area contributed by atoms with Gasteiger partial charge in [0.05, 0.1) is 20.5 Å². The van der Waals surface area contributed by atoms with Crippen LogP contribution in [0.5, 0.6) is 0 Å². The predicted octanol–water partition coefficient (Wildman–Crippen LogP) is 3.83. The van der Waals surface area contributed by atoms with Gasteiger partial charge in [-0.1, -0.05) is 18.2 Å². The summed E-state index contributed by atoms with van der Waals surface area (Å²) in [6, 6.07) is 11.7. The number of nitro benzene ring substituents is 1. The van der Waals surface area contributed by atoms with Crippen molar-refractivity contribution >= 4 is 32.7 Å². The van der Waals surface area contributed by atoms with Gasteiger partial charge in [-0.25, -0.2) is 13.4 Å². The first-order chi connectivity index (χ1) is 11.8. The van der Waals surface area contributed by atoms with Crippen molar-refractivity contribution in [3.8, 4) is 11.3 Å².